The highest BCUT2D eigenvalue weighted by Crippen LogP contribution is 2.52. The van der Waals surface area contributed by atoms with Crippen molar-refractivity contribution in [1.82, 2.24) is 0 Å². The lowest BCUT2D eigenvalue weighted by molar-refractivity contribution is -0.144. The fourth-order valence-corrected chi connectivity index (χ4v) is 2.94. The number of carboxylic acid groups (broad SMARTS) is 1. The van der Waals surface area contributed by atoms with Crippen LogP contribution in [0.1, 0.15) is 38.5 Å². The Morgan fingerprint density at radius 3 is 2.23 bits per heavy atom. The quantitative estimate of drug-likeness (QED) is 0.645. The lowest BCUT2D eigenvalue weighted by atomic mass is 9.57. The summed E-state index contributed by atoms with van der Waals surface area (Å²) in [7, 11) is 0. The largest absolute Gasteiger partial charge is 0.481 e. The van der Waals surface area contributed by atoms with Crippen LogP contribution in [0.15, 0.2) is 0 Å². The minimum atomic E-state index is -0.613. The van der Waals surface area contributed by atoms with Gasteiger partial charge in [-0.2, -0.15) is 0 Å². The number of rotatable bonds is 1. The molecular weight excluding hydrogens is 166 g/mol. The maximum absolute atomic E-state index is 10.7. The van der Waals surface area contributed by atoms with Crippen molar-refractivity contribution in [3.63, 3.8) is 0 Å². The SMILES string of the molecule is NC1CC2(CCC(C(=O)O)CC2)C1. The lowest BCUT2D eigenvalue weighted by Crippen LogP contribution is -2.48. The van der Waals surface area contributed by atoms with Gasteiger partial charge in [-0.1, -0.05) is 0 Å². The van der Waals surface area contributed by atoms with Gasteiger partial charge in [0.05, 0.1) is 5.92 Å². The summed E-state index contributed by atoms with van der Waals surface area (Å²) in [4.78, 5) is 10.7. The number of aliphatic carboxylic acids is 1. The van der Waals surface area contributed by atoms with Crippen molar-refractivity contribution >= 4 is 5.97 Å². The molecule has 0 amide bonds. The lowest BCUT2D eigenvalue weighted by Gasteiger charge is -2.50. The third-order valence-electron chi connectivity index (χ3n) is 3.79. The summed E-state index contributed by atoms with van der Waals surface area (Å²) in [6.45, 7) is 0. The fourth-order valence-electron chi connectivity index (χ4n) is 2.94. The Hall–Kier alpha value is -0.570. The van der Waals surface area contributed by atoms with E-state index in [1.165, 1.54) is 0 Å². The van der Waals surface area contributed by atoms with Gasteiger partial charge >= 0.3 is 5.97 Å². The van der Waals surface area contributed by atoms with Gasteiger partial charge in [-0.25, -0.2) is 0 Å². The van der Waals surface area contributed by atoms with E-state index in [0.717, 1.165) is 38.5 Å². The molecule has 74 valence electrons. The standard InChI is InChI=1S/C10H17NO2/c11-8-5-10(6-8)3-1-7(2-4-10)9(12)13/h7-8H,1-6,11H2,(H,12,13). The minimum Gasteiger partial charge on any atom is -0.481 e. The average Bonchev–Trinajstić information content (AvgIpc) is 2.03. The van der Waals surface area contributed by atoms with E-state index in [0.29, 0.717) is 11.5 Å². The van der Waals surface area contributed by atoms with Crippen LogP contribution in [0.5, 0.6) is 0 Å². The predicted octanol–water partition coefficient (Wildman–Crippen LogP) is 1.37. The van der Waals surface area contributed by atoms with Crippen molar-refractivity contribution in [3.8, 4) is 0 Å². The summed E-state index contributed by atoms with van der Waals surface area (Å²) in [5, 5.41) is 8.83. The number of carboxylic acids is 1. The zero-order valence-electron chi connectivity index (χ0n) is 7.83. The molecule has 0 aromatic heterocycles. The zero-order chi connectivity index (χ0) is 9.47. The van der Waals surface area contributed by atoms with Crippen molar-refractivity contribution in [2.75, 3.05) is 0 Å². The molecule has 0 saturated heterocycles. The van der Waals surface area contributed by atoms with Crippen LogP contribution in [0.2, 0.25) is 0 Å². The number of hydrogen-bond donors (Lipinski definition) is 2. The molecule has 0 aromatic carbocycles. The van der Waals surface area contributed by atoms with Crippen LogP contribution in [0.25, 0.3) is 0 Å². The Bertz CT molecular complexity index is 211. The van der Waals surface area contributed by atoms with Gasteiger partial charge in [0.2, 0.25) is 0 Å². The summed E-state index contributed by atoms with van der Waals surface area (Å²) in [5.41, 5.74) is 6.21. The van der Waals surface area contributed by atoms with Crippen LogP contribution in [-0.4, -0.2) is 17.1 Å². The fraction of sp³-hybridized carbons (Fsp3) is 0.900. The van der Waals surface area contributed by atoms with Crippen LogP contribution >= 0.6 is 0 Å². The molecule has 0 bridgehead atoms. The molecule has 2 fully saturated rings. The topological polar surface area (TPSA) is 63.3 Å². The first-order valence-corrected chi connectivity index (χ1v) is 5.10. The van der Waals surface area contributed by atoms with E-state index in [1.807, 2.05) is 0 Å². The monoisotopic (exact) mass is 183 g/mol. The maximum Gasteiger partial charge on any atom is 0.306 e. The molecule has 2 saturated carbocycles. The molecule has 0 heterocycles. The second-order valence-electron chi connectivity index (χ2n) is 4.78. The van der Waals surface area contributed by atoms with Gasteiger partial charge in [-0.3, -0.25) is 4.79 Å². The second kappa shape index (κ2) is 2.98. The van der Waals surface area contributed by atoms with Crippen molar-refractivity contribution in [1.29, 1.82) is 0 Å². The van der Waals surface area contributed by atoms with Gasteiger partial charge in [-0.05, 0) is 43.9 Å². The molecule has 0 atom stereocenters. The summed E-state index contributed by atoms with van der Waals surface area (Å²) in [5.74, 6) is -0.694. The van der Waals surface area contributed by atoms with Crippen LogP contribution in [0.4, 0.5) is 0 Å². The highest BCUT2D eigenvalue weighted by molar-refractivity contribution is 5.70. The predicted molar refractivity (Wildman–Crippen MR) is 49.2 cm³/mol. The normalized spacial score (nSPS) is 44.4. The molecule has 2 aliphatic rings. The molecule has 2 aliphatic carbocycles. The zero-order valence-corrected chi connectivity index (χ0v) is 7.83. The summed E-state index contributed by atoms with van der Waals surface area (Å²) in [6.07, 6.45) is 6.14. The van der Waals surface area contributed by atoms with Crippen LogP contribution in [0.3, 0.4) is 0 Å². The van der Waals surface area contributed by atoms with E-state index in [-0.39, 0.29) is 5.92 Å². The number of carbonyl (C=O) groups is 1. The van der Waals surface area contributed by atoms with Crippen LogP contribution in [0, 0.1) is 11.3 Å². The summed E-state index contributed by atoms with van der Waals surface area (Å²) in [6, 6.07) is 0.390. The van der Waals surface area contributed by atoms with Crippen molar-refractivity contribution in [3.05, 3.63) is 0 Å². The average molecular weight is 183 g/mol. The molecule has 3 heteroatoms. The Balaban J connectivity index is 1.86. The van der Waals surface area contributed by atoms with Gasteiger partial charge in [0.25, 0.3) is 0 Å². The van der Waals surface area contributed by atoms with Crippen molar-refractivity contribution < 1.29 is 9.90 Å². The van der Waals surface area contributed by atoms with Crippen LogP contribution < -0.4 is 5.73 Å². The van der Waals surface area contributed by atoms with E-state index < -0.39 is 5.97 Å². The van der Waals surface area contributed by atoms with Gasteiger partial charge < -0.3 is 10.8 Å². The maximum atomic E-state index is 10.7. The smallest absolute Gasteiger partial charge is 0.306 e. The van der Waals surface area contributed by atoms with E-state index in [4.69, 9.17) is 10.8 Å². The Morgan fingerprint density at radius 2 is 1.85 bits per heavy atom. The third-order valence-corrected chi connectivity index (χ3v) is 3.79. The Morgan fingerprint density at radius 1 is 1.31 bits per heavy atom. The number of nitrogens with two attached hydrogens (primary N) is 1. The first-order chi connectivity index (χ1) is 6.11. The highest BCUT2D eigenvalue weighted by atomic mass is 16.4. The molecule has 1 spiro atoms. The molecule has 13 heavy (non-hydrogen) atoms. The molecule has 3 N–H and O–H groups in total. The van der Waals surface area contributed by atoms with E-state index in [1.54, 1.807) is 0 Å². The van der Waals surface area contributed by atoms with E-state index in [9.17, 15) is 4.79 Å². The molecule has 0 radical (unpaired) electrons. The number of hydrogen-bond acceptors (Lipinski definition) is 2. The molecule has 0 aliphatic heterocycles. The first kappa shape index (κ1) is 9.00. The summed E-state index contributed by atoms with van der Waals surface area (Å²) >= 11 is 0. The van der Waals surface area contributed by atoms with E-state index in [2.05, 4.69) is 0 Å². The van der Waals surface area contributed by atoms with Gasteiger partial charge in [0.15, 0.2) is 0 Å². The molecule has 0 aromatic rings. The Kier molecular flexibility index (Phi) is 2.06. The second-order valence-corrected chi connectivity index (χ2v) is 4.78. The van der Waals surface area contributed by atoms with E-state index >= 15 is 0 Å². The first-order valence-electron chi connectivity index (χ1n) is 5.10. The molecular formula is C10H17NO2. The van der Waals surface area contributed by atoms with Crippen molar-refractivity contribution in [2.45, 2.75) is 44.6 Å². The third kappa shape index (κ3) is 1.57. The van der Waals surface area contributed by atoms with Crippen LogP contribution in [-0.2, 0) is 4.79 Å². The Labute approximate surface area is 78.3 Å². The molecule has 3 nitrogen and oxygen atoms in total. The highest BCUT2D eigenvalue weighted by Gasteiger charge is 2.45. The van der Waals surface area contributed by atoms with Crippen molar-refractivity contribution in [2.24, 2.45) is 17.1 Å². The summed E-state index contributed by atoms with van der Waals surface area (Å²) < 4.78 is 0. The minimum absolute atomic E-state index is 0.0811. The van der Waals surface area contributed by atoms with Gasteiger partial charge in [0, 0.05) is 6.04 Å². The molecule has 2 rings (SSSR count). The van der Waals surface area contributed by atoms with Gasteiger partial charge in [0.1, 0.15) is 0 Å². The van der Waals surface area contributed by atoms with Gasteiger partial charge in [-0.15, -0.1) is 0 Å². The molecule has 0 unspecified atom stereocenters.